The smallest absolute Gasteiger partial charge is 0.270 e. The van der Waals surface area contributed by atoms with Gasteiger partial charge in [0.05, 0.1) is 7.11 Å². The Kier molecular flexibility index (Phi) is 5.45. The molecule has 28 heavy (non-hydrogen) atoms. The third kappa shape index (κ3) is 3.68. The molecule has 1 aromatic heterocycles. The molecule has 2 fully saturated rings. The number of pyridine rings is 1. The summed E-state index contributed by atoms with van der Waals surface area (Å²) in [7, 11) is 1.44. The lowest BCUT2D eigenvalue weighted by Gasteiger charge is -2.37. The van der Waals surface area contributed by atoms with Crippen molar-refractivity contribution >= 4 is 5.91 Å². The lowest BCUT2D eigenvalue weighted by Crippen LogP contribution is -2.48. The number of hydrazine groups is 1. The van der Waals surface area contributed by atoms with E-state index in [1.165, 1.54) is 24.9 Å². The van der Waals surface area contributed by atoms with Gasteiger partial charge in [0.15, 0.2) is 5.75 Å². The number of likely N-dealkylation sites (tertiary alicyclic amines) is 1. The second-order valence-corrected chi connectivity index (χ2v) is 7.50. The fourth-order valence-corrected chi connectivity index (χ4v) is 4.39. The quantitative estimate of drug-likeness (QED) is 0.746. The van der Waals surface area contributed by atoms with Gasteiger partial charge >= 0.3 is 0 Å². The summed E-state index contributed by atoms with van der Waals surface area (Å²) in [5.41, 5.74) is 8.07. The number of methoxy groups -OCH3 is 1. The zero-order valence-corrected chi connectivity index (χ0v) is 16.0. The SMILES string of the molecule is COc1c[nH]c(C(=O)N2CCCC(C3NNCC3c3ccccc3)C2)cc1=O. The minimum Gasteiger partial charge on any atom is -0.491 e. The summed E-state index contributed by atoms with van der Waals surface area (Å²) in [6, 6.07) is 12.1. The van der Waals surface area contributed by atoms with E-state index in [0.717, 1.165) is 19.4 Å². The molecule has 7 nitrogen and oxygen atoms in total. The molecule has 0 saturated carbocycles. The molecule has 2 aliphatic heterocycles. The summed E-state index contributed by atoms with van der Waals surface area (Å²) in [5, 5.41) is 0. The molecular formula is C21H26N4O3. The molecule has 2 aliphatic rings. The molecule has 0 spiro atoms. The number of aromatic amines is 1. The molecule has 4 rings (SSSR count). The fourth-order valence-electron chi connectivity index (χ4n) is 4.39. The molecule has 3 atom stereocenters. The Balaban J connectivity index is 1.49. The highest BCUT2D eigenvalue weighted by Crippen LogP contribution is 2.31. The van der Waals surface area contributed by atoms with Gasteiger partial charge in [0.1, 0.15) is 5.69 Å². The van der Waals surface area contributed by atoms with E-state index in [1.54, 1.807) is 0 Å². The Bertz CT molecular complexity index is 883. The maximum absolute atomic E-state index is 12.9. The highest BCUT2D eigenvalue weighted by Gasteiger charge is 2.37. The molecule has 0 aliphatic carbocycles. The molecule has 0 bridgehead atoms. The van der Waals surface area contributed by atoms with E-state index in [-0.39, 0.29) is 23.1 Å². The fraction of sp³-hybridized carbons (Fsp3) is 0.429. The van der Waals surface area contributed by atoms with Crippen LogP contribution in [0.5, 0.6) is 5.75 Å². The number of rotatable bonds is 4. The van der Waals surface area contributed by atoms with Crippen LogP contribution in [0.25, 0.3) is 0 Å². The first-order chi connectivity index (χ1) is 13.7. The van der Waals surface area contributed by atoms with Crippen LogP contribution in [-0.2, 0) is 0 Å². The van der Waals surface area contributed by atoms with Gasteiger partial charge in [-0.1, -0.05) is 30.3 Å². The number of hydrogen-bond acceptors (Lipinski definition) is 5. The Labute approximate surface area is 164 Å². The molecule has 1 aromatic carbocycles. The molecule has 3 unspecified atom stereocenters. The molecule has 3 heterocycles. The maximum Gasteiger partial charge on any atom is 0.270 e. The van der Waals surface area contributed by atoms with E-state index in [1.807, 2.05) is 11.0 Å². The zero-order valence-electron chi connectivity index (χ0n) is 16.0. The summed E-state index contributed by atoms with van der Waals surface area (Å²) in [6.07, 6.45) is 3.48. The maximum atomic E-state index is 12.9. The van der Waals surface area contributed by atoms with E-state index in [9.17, 15) is 9.59 Å². The Hall–Kier alpha value is -2.64. The average Bonchev–Trinajstić information content (AvgIpc) is 3.24. The second kappa shape index (κ2) is 8.16. The van der Waals surface area contributed by atoms with Crippen LogP contribution < -0.4 is 21.0 Å². The van der Waals surface area contributed by atoms with Crippen LogP contribution in [0.2, 0.25) is 0 Å². The van der Waals surface area contributed by atoms with Crippen molar-refractivity contribution in [2.45, 2.75) is 24.8 Å². The number of carbonyl (C=O) groups is 1. The third-order valence-electron chi connectivity index (χ3n) is 5.83. The van der Waals surface area contributed by atoms with Crippen LogP contribution in [0.1, 0.15) is 34.8 Å². The number of nitrogens with zero attached hydrogens (tertiary/aromatic N) is 1. The molecule has 1 amide bonds. The second-order valence-electron chi connectivity index (χ2n) is 7.50. The number of ether oxygens (including phenoxy) is 1. The van der Waals surface area contributed by atoms with Crippen molar-refractivity contribution in [1.82, 2.24) is 20.7 Å². The number of carbonyl (C=O) groups excluding carboxylic acids is 1. The van der Waals surface area contributed by atoms with Gasteiger partial charge in [0.2, 0.25) is 5.43 Å². The lowest BCUT2D eigenvalue weighted by atomic mass is 9.81. The number of hydrogen-bond donors (Lipinski definition) is 3. The van der Waals surface area contributed by atoms with Gasteiger partial charge in [0, 0.05) is 43.9 Å². The van der Waals surface area contributed by atoms with Gasteiger partial charge < -0.3 is 14.6 Å². The monoisotopic (exact) mass is 382 g/mol. The minimum absolute atomic E-state index is 0.133. The predicted octanol–water partition coefficient (Wildman–Crippen LogP) is 1.50. The van der Waals surface area contributed by atoms with Gasteiger partial charge in [0.25, 0.3) is 5.91 Å². The number of benzene rings is 1. The first-order valence-electron chi connectivity index (χ1n) is 9.76. The van der Waals surface area contributed by atoms with Crippen LogP contribution in [0, 0.1) is 5.92 Å². The van der Waals surface area contributed by atoms with Crippen molar-refractivity contribution in [2.24, 2.45) is 5.92 Å². The van der Waals surface area contributed by atoms with E-state index in [2.05, 4.69) is 40.1 Å². The Morgan fingerprint density at radius 1 is 1.25 bits per heavy atom. The molecule has 3 N–H and O–H groups in total. The van der Waals surface area contributed by atoms with Crippen LogP contribution in [-0.4, -0.2) is 48.6 Å². The first-order valence-corrected chi connectivity index (χ1v) is 9.76. The molecule has 0 radical (unpaired) electrons. The summed E-state index contributed by atoms with van der Waals surface area (Å²) < 4.78 is 4.98. The van der Waals surface area contributed by atoms with E-state index >= 15 is 0 Å². The van der Waals surface area contributed by atoms with Crippen LogP contribution in [0.3, 0.4) is 0 Å². The van der Waals surface area contributed by atoms with Crippen molar-refractivity contribution in [3.8, 4) is 5.75 Å². The third-order valence-corrected chi connectivity index (χ3v) is 5.83. The van der Waals surface area contributed by atoms with Gasteiger partial charge in [-0.05, 0) is 24.3 Å². The topological polar surface area (TPSA) is 86.5 Å². The molecule has 2 saturated heterocycles. The molecule has 148 valence electrons. The lowest BCUT2D eigenvalue weighted by molar-refractivity contribution is 0.0638. The molecule has 7 heteroatoms. The van der Waals surface area contributed by atoms with Crippen molar-refractivity contribution in [3.63, 3.8) is 0 Å². The summed E-state index contributed by atoms with van der Waals surface area (Å²) >= 11 is 0. The van der Waals surface area contributed by atoms with Crippen molar-refractivity contribution in [2.75, 3.05) is 26.7 Å². The number of amides is 1. The van der Waals surface area contributed by atoms with Gasteiger partial charge in [-0.15, -0.1) is 0 Å². The highest BCUT2D eigenvalue weighted by atomic mass is 16.5. The highest BCUT2D eigenvalue weighted by molar-refractivity contribution is 5.92. The van der Waals surface area contributed by atoms with Crippen LogP contribution in [0.4, 0.5) is 0 Å². The van der Waals surface area contributed by atoms with E-state index < -0.39 is 0 Å². The molecular weight excluding hydrogens is 356 g/mol. The zero-order chi connectivity index (χ0) is 19.5. The van der Waals surface area contributed by atoms with Crippen molar-refractivity contribution < 1.29 is 9.53 Å². The van der Waals surface area contributed by atoms with Gasteiger partial charge in [-0.2, -0.15) is 0 Å². The number of aromatic nitrogens is 1. The Morgan fingerprint density at radius 3 is 2.82 bits per heavy atom. The van der Waals surface area contributed by atoms with Gasteiger partial charge in [-0.3, -0.25) is 20.4 Å². The summed E-state index contributed by atoms with van der Waals surface area (Å²) in [4.78, 5) is 29.7. The normalized spacial score (nSPS) is 24.9. The van der Waals surface area contributed by atoms with Gasteiger partial charge in [-0.25, -0.2) is 0 Å². The summed E-state index contributed by atoms with van der Waals surface area (Å²) in [6.45, 7) is 2.26. The average molecular weight is 382 g/mol. The van der Waals surface area contributed by atoms with Crippen molar-refractivity contribution in [1.29, 1.82) is 0 Å². The minimum atomic E-state index is -0.288. The van der Waals surface area contributed by atoms with Crippen LogP contribution in [0.15, 0.2) is 47.4 Å². The standard InChI is InChI=1S/C21H26N4O3/c1-28-19-12-22-17(10-18(19)26)21(27)25-9-5-8-15(13-25)20-16(11-23-24-20)14-6-3-2-4-7-14/h2-4,6-7,10,12,15-16,20,23-24H,5,8-9,11,13H2,1H3,(H,22,26). The predicted molar refractivity (Wildman–Crippen MR) is 106 cm³/mol. The molecule has 2 aromatic rings. The number of H-pyrrole nitrogens is 1. The number of nitrogens with one attached hydrogen (secondary N) is 3. The van der Waals surface area contributed by atoms with Crippen LogP contribution >= 0.6 is 0 Å². The Morgan fingerprint density at radius 2 is 2.07 bits per heavy atom. The van der Waals surface area contributed by atoms with Crippen molar-refractivity contribution in [3.05, 3.63) is 64.1 Å². The number of piperidine rings is 1. The van der Waals surface area contributed by atoms with E-state index in [0.29, 0.717) is 30.6 Å². The van der Waals surface area contributed by atoms with E-state index in [4.69, 9.17) is 4.74 Å². The first kappa shape index (κ1) is 18.7. The largest absolute Gasteiger partial charge is 0.491 e. The summed E-state index contributed by atoms with van der Waals surface area (Å²) in [5.74, 6) is 0.802.